The molecule has 2 heterocycles. The highest BCUT2D eigenvalue weighted by Gasteiger charge is 2.21. The fraction of sp³-hybridized carbons (Fsp3) is 0.615. The minimum absolute atomic E-state index is 0.559. The molecule has 1 aromatic rings. The van der Waals surface area contributed by atoms with E-state index in [0.717, 1.165) is 17.9 Å². The van der Waals surface area contributed by atoms with Crippen molar-refractivity contribution in [3.63, 3.8) is 0 Å². The van der Waals surface area contributed by atoms with Crippen molar-refractivity contribution in [2.75, 3.05) is 32.1 Å². The minimum Gasteiger partial charge on any atom is -0.355 e. The smallest absolute Gasteiger partial charge is 0.128 e. The van der Waals surface area contributed by atoms with Crippen LogP contribution in [-0.4, -0.2) is 43.1 Å². The molecule has 1 aliphatic heterocycles. The fourth-order valence-electron chi connectivity index (χ4n) is 2.39. The van der Waals surface area contributed by atoms with Gasteiger partial charge in [0, 0.05) is 32.4 Å². The Hall–Kier alpha value is -1.13. The van der Waals surface area contributed by atoms with Gasteiger partial charge in [-0.15, -0.1) is 0 Å². The van der Waals surface area contributed by atoms with Gasteiger partial charge in [0.1, 0.15) is 5.82 Å². The summed E-state index contributed by atoms with van der Waals surface area (Å²) >= 11 is 0. The largest absolute Gasteiger partial charge is 0.355 e. The summed E-state index contributed by atoms with van der Waals surface area (Å²) in [4.78, 5) is 9.15. The molecular weight excluding hydrogens is 212 g/mol. The molecule has 17 heavy (non-hydrogen) atoms. The van der Waals surface area contributed by atoms with Crippen LogP contribution in [0.4, 0.5) is 5.82 Å². The number of hydrogen-bond donors (Lipinski definition) is 1. The van der Waals surface area contributed by atoms with Crippen LogP contribution in [-0.2, 0) is 6.54 Å². The molecule has 0 aliphatic carbocycles. The number of likely N-dealkylation sites (tertiary alicyclic amines) is 1. The van der Waals surface area contributed by atoms with Crippen molar-refractivity contribution < 1.29 is 0 Å². The summed E-state index contributed by atoms with van der Waals surface area (Å²) in [6.07, 6.45) is 4.39. The van der Waals surface area contributed by atoms with Gasteiger partial charge in [-0.25, -0.2) is 4.98 Å². The zero-order valence-electron chi connectivity index (χ0n) is 10.8. The molecule has 1 aliphatic rings. The second-order valence-electron chi connectivity index (χ2n) is 4.90. The summed E-state index contributed by atoms with van der Waals surface area (Å²) in [5, 5.41) is 0. The number of rotatable bonds is 3. The number of hydrogen-bond acceptors (Lipinski definition) is 4. The third kappa shape index (κ3) is 2.96. The maximum atomic E-state index is 5.58. The molecule has 94 valence electrons. The molecule has 0 spiro atoms. The molecule has 1 unspecified atom stereocenters. The molecule has 1 aromatic heterocycles. The number of piperidine rings is 1. The first-order chi connectivity index (χ1) is 8.20. The number of anilines is 1. The van der Waals surface area contributed by atoms with Crippen molar-refractivity contribution in [1.29, 1.82) is 0 Å². The molecule has 1 fully saturated rings. The highest BCUT2D eigenvalue weighted by molar-refractivity contribution is 5.39. The van der Waals surface area contributed by atoms with Crippen LogP contribution in [0.1, 0.15) is 18.4 Å². The van der Waals surface area contributed by atoms with Crippen molar-refractivity contribution in [1.82, 2.24) is 9.88 Å². The van der Waals surface area contributed by atoms with Crippen LogP contribution in [0, 0.1) is 0 Å². The lowest BCUT2D eigenvalue weighted by atomic mass is 10.1. The first kappa shape index (κ1) is 12.3. The molecule has 4 heteroatoms. The monoisotopic (exact) mass is 234 g/mol. The molecule has 1 saturated heterocycles. The second-order valence-corrected chi connectivity index (χ2v) is 4.90. The van der Waals surface area contributed by atoms with Crippen molar-refractivity contribution in [2.45, 2.75) is 25.4 Å². The van der Waals surface area contributed by atoms with Crippen LogP contribution in [0.3, 0.4) is 0 Å². The zero-order valence-corrected chi connectivity index (χ0v) is 10.8. The van der Waals surface area contributed by atoms with Crippen LogP contribution in [0.15, 0.2) is 18.3 Å². The van der Waals surface area contributed by atoms with E-state index in [9.17, 15) is 0 Å². The van der Waals surface area contributed by atoms with E-state index in [2.05, 4.69) is 41.0 Å². The number of nitrogens with zero attached hydrogens (tertiary/aromatic N) is 3. The fourth-order valence-corrected chi connectivity index (χ4v) is 2.39. The average molecular weight is 234 g/mol. The Morgan fingerprint density at radius 1 is 1.53 bits per heavy atom. The van der Waals surface area contributed by atoms with Crippen LogP contribution in [0.25, 0.3) is 0 Å². The highest BCUT2D eigenvalue weighted by atomic mass is 15.2. The Morgan fingerprint density at radius 2 is 2.35 bits per heavy atom. The van der Waals surface area contributed by atoms with Crippen LogP contribution >= 0.6 is 0 Å². The summed E-state index contributed by atoms with van der Waals surface area (Å²) in [6.45, 7) is 2.89. The quantitative estimate of drug-likeness (QED) is 0.850. The molecule has 1 atom stereocenters. The van der Waals surface area contributed by atoms with Crippen LogP contribution < -0.4 is 10.6 Å². The Morgan fingerprint density at radius 3 is 2.94 bits per heavy atom. The van der Waals surface area contributed by atoms with Crippen molar-refractivity contribution in [3.8, 4) is 0 Å². The molecule has 0 aromatic carbocycles. The Labute approximate surface area is 103 Å². The first-order valence-corrected chi connectivity index (χ1v) is 6.27. The molecule has 4 nitrogen and oxygen atoms in total. The number of aromatic nitrogens is 1. The molecule has 2 rings (SSSR count). The number of nitrogens with two attached hydrogens (primary N) is 1. The standard InChI is InChI=1S/C13H22N4/c1-16-7-3-4-12(10-16)17(2)13-6-5-11(8-14)9-15-13/h5-6,9,12H,3-4,7-8,10,14H2,1-2H3. The lowest BCUT2D eigenvalue weighted by Crippen LogP contribution is -2.45. The summed E-state index contributed by atoms with van der Waals surface area (Å²) in [5.41, 5.74) is 6.66. The Balaban J connectivity index is 2.04. The van der Waals surface area contributed by atoms with Gasteiger partial charge < -0.3 is 15.5 Å². The van der Waals surface area contributed by atoms with E-state index >= 15 is 0 Å². The van der Waals surface area contributed by atoms with Gasteiger partial charge in [-0.2, -0.15) is 0 Å². The van der Waals surface area contributed by atoms with E-state index in [0.29, 0.717) is 12.6 Å². The normalized spacial score (nSPS) is 21.5. The predicted octanol–water partition coefficient (Wildman–Crippen LogP) is 1.07. The highest BCUT2D eigenvalue weighted by Crippen LogP contribution is 2.19. The van der Waals surface area contributed by atoms with Gasteiger partial charge in [0.2, 0.25) is 0 Å². The van der Waals surface area contributed by atoms with Gasteiger partial charge in [-0.05, 0) is 38.1 Å². The van der Waals surface area contributed by atoms with Gasteiger partial charge in [0.25, 0.3) is 0 Å². The van der Waals surface area contributed by atoms with Crippen LogP contribution in [0.2, 0.25) is 0 Å². The van der Waals surface area contributed by atoms with Crippen molar-refractivity contribution in [3.05, 3.63) is 23.9 Å². The van der Waals surface area contributed by atoms with E-state index in [4.69, 9.17) is 5.73 Å². The number of likely N-dealkylation sites (N-methyl/N-ethyl adjacent to an activating group) is 2. The molecule has 0 saturated carbocycles. The summed E-state index contributed by atoms with van der Waals surface area (Å²) in [6, 6.07) is 4.70. The maximum absolute atomic E-state index is 5.58. The Kier molecular flexibility index (Phi) is 3.97. The molecule has 0 amide bonds. The van der Waals surface area contributed by atoms with E-state index < -0.39 is 0 Å². The topological polar surface area (TPSA) is 45.4 Å². The minimum atomic E-state index is 0.559. The van der Waals surface area contributed by atoms with E-state index in [1.807, 2.05) is 6.20 Å². The molecule has 2 N–H and O–H groups in total. The lowest BCUT2D eigenvalue weighted by molar-refractivity contribution is 0.247. The van der Waals surface area contributed by atoms with Gasteiger partial charge in [0.15, 0.2) is 0 Å². The van der Waals surface area contributed by atoms with Crippen LogP contribution in [0.5, 0.6) is 0 Å². The van der Waals surface area contributed by atoms with Gasteiger partial charge >= 0.3 is 0 Å². The third-order valence-corrected chi connectivity index (χ3v) is 3.55. The maximum Gasteiger partial charge on any atom is 0.128 e. The van der Waals surface area contributed by atoms with E-state index in [-0.39, 0.29) is 0 Å². The second kappa shape index (κ2) is 5.47. The SMILES string of the molecule is CN1CCCC(N(C)c2ccc(CN)cn2)C1. The third-order valence-electron chi connectivity index (χ3n) is 3.55. The summed E-state index contributed by atoms with van der Waals surface area (Å²) in [7, 11) is 4.32. The van der Waals surface area contributed by atoms with E-state index in [1.54, 1.807) is 0 Å². The molecular formula is C13H22N4. The van der Waals surface area contributed by atoms with Crippen molar-refractivity contribution in [2.24, 2.45) is 5.73 Å². The average Bonchev–Trinajstić information content (AvgIpc) is 2.38. The first-order valence-electron chi connectivity index (χ1n) is 6.27. The van der Waals surface area contributed by atoms with Gasteiger partial charge in [-0.3, -0.25) is 0 Å². The summed E-state index contributed by atoms with van der Waals surface area (Å²) in [5.74, 6) is 1.04. The number of pyridine rings is 1. The molecule has 0 radical (unpaired) electrons. The zero-order chi connectivity index (χ0) is 12.3. The van der Waals surface area contributed by atoms with Gasteiger partial charge in [0.05, 0.1) is 0 Å². The Bertz CT molecular complexity index is 349. The lowest BCUT2D eigenvalue weighted by Gasteiger charge is -2.36. The van der Waals surface area contributed by atoms with E-state index in [1.165, 1.54) is 19.4 Å². The van der Waals surface area contributed by atoms with Gasteiger partial charge in [-0.1, -0.05) is 6.07 Å². The molecule has 0 bridgehead atoms. The predicted molar refractivity (Wildman–Crippen MR) is 71.1 cm³/mol. The summed E-state index contributed by atoms with van der Waals surface area (Å²) < 4.78 is 0. The van der Waals surface area contributed by atoms with Crippen molar-refractivity contribution >= 4 is 5.82 Å².